The van der Waals surface area contributed by atoms with Gasteiger partial charge in [-0.25, -0.2) is 9.97 Å². The maximum absolute atomic E-state index is 9.95. The third-order valence-corrected chi connectivity index (χ3v) is 4.75. The van der Waals surface area contributed by atoms with Gasteiger partial charge in [-0.15, -0.1) is 0 Å². The van der Waals surface area contributed by atoms with Crippen LogP contribution >= 0.6 is 0 Å². The van der Waals surface area contributed by atoms with Crippen molar-refractivity contribution in [3.05, 3.63) is 41.7 Å². The summed E-state index contributed by atoms with van der Waals surface area (Å²) < 4.78 is 16.3. The van der Waals surface area contributed by atoms with E-state index in [2.05, 4.69) is 14.8 Å². The second kappa shape index (κ2) is 8.72. The maximum Gasteiger partial charge on any atom is 0.231 e. The summed E-state index contributed by atoms with van der Waals surface area (Å²) in [4.78, 5) is 13.5. The van der Waals surface area contributed by atoms with Crippen molar-refractivity contribution in [2.45, 2.75) is 26.1 Å². The van der Waals surface area contributed by atoms with E-state index in [1.54, 1.807) is 13.1 Å². The average molecular weight is 386 g/mol. The summed E-state index contributed by atoms with van der Waals surface area (Å²) in [7, 11) is 0. The molecule has 0 spiro atoms. The smallest absolute Gasteiger partial charge is 0.231 e. The predicted octanol–water partition coefficient (Wildman–Crippen LogP) is 1.42. The quantitative estimate of drug-likeness (QED) is 0.766. The number of benzene rings is 1. The number of rotatable bonds is 7. The molecule has 1 N–H and O–H groups in total. The minimum Gasteiger partial charge on any atom is -0.454 e. The molecular weight excluding hydrogens is 360 g/mol. The second-order valence-electron chi connectivity index (χ2n) is 7.15. The zero-order chi connectivity index (χ0) is 19.3. The first-order valence-corrected chi connectivity index (χ1v) is 9.61. The number of ether oxygens (including phenoxy) is 3. The van der Waals surface area contributed by atoms with Crippen LogP contribution in [0.1, 0.15) is 18.2 Å². The number of aliphatic hydroxyl groups excluding tert-OH is 1. The number of anilines is 1. The van der Waals surface area contributed by atoms with Gasteiger partial charge in [0.05, 0.1) is 25.0 Å². The number of morpholine rings is 1. The van der Waals surface area contributed by atoms with E-state index in [4.69, 9.17) is 19.2 Å². The first-order chi connectivity index (χ1) is 13.7. The number of fused-ring (bicyclic) bond motifs is 1. The highest BCUT2D eigenvalue weighted by atomic mass is 16.7. The molecule has 150 valence electrons. The molecule has 1 aromatic carbocycles. The standard InChI is InChI=1S/C20H26N4O4/c1-15(25)11-23(12-16-2-3-18-19(10-16)28-14-27-18)13-17-4-5-21-20(22-17)24-6-8-26-9-7-24/h2-5,10,15,25H,6-9,11-14H2,1H3/t15-/m1/s1. The van der Waals surface area contributed by atoms with Gasteiger partial charge in [0.25, 0.3) is 0 Å². The van der Waals surface area contributed by atoms with Gasteiger partial charge in [-0.05, 0) is 30.7 Å². The molecule has 0 aliphatic carbocycles. The van der Waals surface area contributed by atoms with Crippen LogP contribution in [0, 0.1) is 0 Å². The van der Waals surface area contributed by atoms with E-state index < -0.39 is 6.10 Å². The number of aliphatic hydroxyl groups is 1. The molecule has 1 fully saturated rings. The van der Waals surface area contributed by atoms with Crippen molar-refractivity contribution in [2.24, 2.45) is 0 Å². The van der Waals surface area contributed by atoms with Crippen LogP contribution in [0.3, 0.4) is 0 Å². The molecule has 1 aromatic heterocycles. The highest BCUT2D eigenvalue weighted by Crippen LogP contribution is 2.32. The molecule has 4 rings (SSSR count). The van der Waals surface area contributed by atoms with Crippen LogP contribution in [-0.4, -0.2) is 65.7 Å². The summed E-state index contributed by atoms with van der Waals surface area (Å²) in [6, 6.07) is 7.89. The van der Waals surface area contributed by atoms with E-state index in [9.17, 15) is 5.11 Å². The van der Waals surface area contributed by atoms with Crippen molar-refractivity contribution in [3.63, 3.8) is 0 Å². The van der Waals surface area contributed by atoms with E-state index in [0.717, 1.165) is 41.8 Å². The fraction of sp³-hybridized carbons (Fsp3) is 0.500. The molecule has 1 atom stereocenters. The van der Waals surface area contributed by atoms with Crippen molar-refractivity contribution < 1.29 is 19.3 Å². The summed E-state index contributed by atoms with van der Waals surface area (Å²) >= 11 is 0. The van der Waals surface area contributed by atoms with E-state index in [1.807, 2.05) is 24.3 Å². The number of aromatic nitrogens is 2. The monoisotopic (exact) mass is 386 g/mol. The van der Waals surface area contributed by atoms with Crippen molar-refractivity contribution >= 4 is 5.95 Å². The van der Waals surface area contributed by atoms with Crippen molar-refractivity contribution in [3.8, 4) is 11.5 Å². The number of nitrogens with zero attached hydrogens (tertiary/aromatic N) is 4. The molecule has 8 nitrogen and oxygen atoms in total. The molecule has 0 saturated carbocycles. The normalized spacial score (nSPS) is 17.2. The lowest BCUT2D eigenvalue weighted by atomic mass is 10.1. The summed E-state index contributed by atoms with van der Waals surface area (Å²) in [5.41, 5.74) is 2.03. The zero-order valence-electron chi connectivity index (χ0n) is 16.1. The highest BCUT2D eigenvalue weighted by molar-refractivity contribution is 5.44. The Kier molecular flexibility index (Phi) is 5.90. The van der Waals surface area contributed by atoms with E-state index in [-0.39, 0.29) is 6.79 Å². The van der Waals surface area contributed by atoms with Crippen LogP contribution in [0.2, 0.25) is 0 Å². The van der Waals surface area contributed by atoms with Gasteiger partial charge in [-0.3, -0.25) is 4.90 Å². The largest absolute Gasteiger partial charge is 0.454 e. The van der Waals surface area contributed by atoms with Crippen LogP contribution < -0.4 is 14.4 Å². The van der Waals surface area contributed by atoms with Gasteiger partial charge in [-0.2, -0.15) is 0 Å². The van der Waals surface area contributed by atoms with Crippen molar-refractivity contribution in [1.29, 1.82) is 0 Å². The third-order valence-electron chi connectivity index (χ3n) is 4.75. The first kappa shape index (κ1) is 18.9. The molecule has 2 aliphatic heterocycles. The molecule has 0 bridgehead atoms. The second-order valence-corrected chi connectivity index (χ2v) is 7.15. The molecule has 28 heavy (non-hydrogen) atoms. The van der Waals surface area contributed by atoms with Crippen LogP contribution in [0.15, 0.2) is 30.5 Å². The lowest BCUT2D eigenvalue weighted by molar-refractivity contribution is 0.117. The topological polar surface area (TPSA) is 80.2 Å². The fourth-order valence-electron chi connectivity index (χ4n) is 3.47. The molecule has 2 aliphatic rings. The van der Waals surface area contributed by atoms with E-state index in [0.29, 0.717) is 32.8 Å². The van der Waals surface area contributed by atoms with Crippen LogP contribution in [0.5, 0.6) is 11.5 Å². The molecule has 8 heteroatoms. The Morgan fingerprint density at radius 2 is 1.96 bits per heavy atom. The summed E-state index contributed by atoms with van der Waals surface area (Å²) in [5, 5.41) is 9.95. The fourth-order valence-corrected chi connectivity index (χ4v) is 3.47. The molecule has 0 unspecified atom stereocenters. The molecular formula is C20H26N4O4. The summed E-state index contributed by atoms with van der Waals surface area (Å²) in [6.07, 6.45) is 1.36. The third kappa shape index (κ3) is 4.70. The van der Waals surface area contributed by atoms with Gasteiger partial charge in [0, 0.05) is 38.9 Å². The predicted molar refractivity (Wildman–Crippen MR) is 103 cm³/mol. The van der Waals surface area contributed by atoms with Crippen molar-refractivity contribution in [2.75, 3.05) is 44.5 Å². The Morgan fingerprint density at radius 1 is 1.14 bits per heavy atom. The molecule has 2 aromatic rings. The van der Waals surface area contributed by atoms with Gasteiger partial charge >= 0.3 is 0 Å². The van der Waals surface area contributed by atoms with E-state index in [1.165, 1.54) is 0 Å². The Hall–Kier alpha value is -2.42. The molecule has 3 heterocycles. The van der Waals surface area contributed by atoms with Crippen LogP contribution in [-0.2, 0) is 17.8 Å². The van der Waals surface area contributed by atoms with Gasteiger partial charge in [0.1, 0.15) is 0 Å². The zero-order valence-corrected chi connectivity index (χ0v) is 16.1. The number of hydrogen-bond donors (Lipinski definition) is 1. The minimum atomic E-state index is -0.436. The lowest BCUT2D eigenvalue weighted by Crippen LogP contribution is -2.37. The van der Waals surface area contributed by atoms with Crippen LogP contribution in [0.4, 0.5) is 5.95 Å². The SMILES string of the molecule is C[C@@H](O)CN(Cc1ccc2c(c1)OCO2)Cc1ccnc(N2CCOCC2)n1. The lowest BCUT2D eigenvalue weighted by Gasteiger charge is -2.27. The van der Waals surface area contributed by atoms with Gasteiger partial charge < -0.3 is 24.2 Å². The summed E-state index contributed by atoms with van der Waals surface area (Å²) in [5.74, 6) is 2.28. The first-order valence-electron chi connectivity index (χ1n) is 9.61. The Morgan fingerprint density at radius 3 is 2.79 bits per heavy atom. The van der Waals surface area contributed by atoms with Gasteiger partial charge in [0.15, 0.2) is 11.5 Å². The molecule has 0 radical (unpaired) electrons. The van der Waals surface area contributed by atoms with Gasteiger partial charge in [0.2, 0.25) is 12.7 Å². The van der Waals surface area contributed by atoms with E-state index >= 15 is 0 Å². The average Bonchev–Trinajstić information content (AvgIpc) is 3.16. The van der Waals surface area contributed by atoms with Crippen molar-refractivity contribution in [1.82, 2.24) is 14.9 Å². The molecule has 0 amide bonds. The highest BCUT2D eigenvalue weighted by Gasteiger charge is 2.18. The Balaban J connectivity index is 1.47. The summed E-state index contributed by atoms with van der Waals surface area (Å²) in [6.45, 7) is 6.92. The molecule has 1 saturated heterocycles. The Bertz CT molecular complexity index is 796. The number of hydrogen-bond acceptors (Lipinski definition) is 8. The Labute approximate surface area is 164 Å². The van der Waals surface area contributed by atoms with Gasteiger partial charge in [-0.1, -0.05) is 6.07 Å². The minimum absolute atomic E-state index is 0.265. The van der Waals surface area contributed by atoms with Crippen LogP contribution in [0.25, 0.3) is 0 Å². The maximum atomic E-state index is 9.95.